The lowest BCUT2D eigenvalue weighted by atomic mass is 9.82. The quantitative estimate of drug-likeness (QED) is 0.230. The first-order valence-corrected chi connectivity index (χ1v) is 10.2. The van der Waals surface area contributed by atoms with Gasteiger partial charge in [0.2, 0.25) is 6.29 Å². The van der Waals surface area contributed by atoms with Crippen molar-refractivity contribution in [2.45, 2.75) is 57.4 Å². The van der Waals surface area contributed by atoms with Crippen LogP contribution >= 0.6 is 0 Å². The summed E-state index contributed by atoms with van der Waals surface area (Å²) in [6, 6.07) is 2.07. The van der Waals surface area contributed by atoms with Gasteiger partial charge in [0.05, 0.1) is 23.1 Å². The number of phenolic OH excluding ortho intramolecular Hbond substituents is 2. The predicted octanol–water partition coefficient (Wildman–Crippen LogP) is 0.419. The highest BCUT2D eigenvalue weighted by atomic mass is 16.7. The van der Waals surface area contributed by atoms with Crippen molar-refractivity contribution in [3.8, 4) is 17.2 Å². The van der Waals surface area contributed by atoms with E-state index in [4.69, 9.17) is 9.47 Å². The largest absolute Gasteiger partial charge is 0.507 e. The van der Waals surface area contributed by atoms with Gasteiger partial charge in [-0.2, -0.15) is 0 Å². The van der Waals surface area contributed by atoms with Crippen LogP contribution in [-0.2, 0) is 4.74 Å². The number of carboxylic acid groups (broad SMARTS) is 1. The number of ether oxygens (including phenoxy) is 2. The molecule has 0 bridgehead atoms. The second kappa shape index (κ2) is 8.76. The van der Waals surface area contributed by atoms with E-state index in [1.807, 2.05) is 0 Å². The fourth-order valence-corrected chi connectivity index (χ4v) is 4.17. The minimum atomic E-state index is -1.99. The number of fused-ring (bicyclic) bond motifs is 1. The zero-order valence-electron chi connectivity index (χ0n) is 18.1. The van der Waals surface area contributed by atoms with Crippen molar-refractivity contribution in [3.63, 3.8) is 0 Å². The Morgan fingerprint density at radius 2 is 1.82 bits per heavy atom. The Balaban J connectivity index is 2.22. The molecule has 180 valence electrons. The molecule has 2 aromatic carbocycles. The first-order valence-electron chi connectivity index (χ1n) is 10.2. The van der Waals surface area contributed by atoms with Crippen LogP contribution in [-0.4, -0.2) is 84.3 Å². The Hall–Kier alpha value is -2.96. The Bertz CT molecular complexity index is 1110. The molecule has 33 heavy (non-hydrogen) atoms. The first-order chi connectivity index (χ1) is 15.4. The summed E-state index contributed by atoms with van der Waals surface area (Å²) in [6.07, 6.45) is -6.79. The molecule has 0 unspecified atom stereocenters. The van der Waals surface area contributed by atoms with Crippen LogP contribution in [0.4, 0.5) is 0 Å². The molecule has 1 aliphatic heterocycles. The van der Waals surface area contributed by atoms with Gasteiger partial charge < -0.3 is 45.2 Å². The Kier molecular flexibility index (Phi) is 6.55. The number of phenols is 2. The van der Waals surface area contributed by atoms with E-state index in [0.29, 0.717) is 0 Å². The molecule has 2 aromatic rings. The van der Waals surface area contributed by atoms with E-state index >= 15 is 0 Å². The second-order valence-corrected chi connectivity index (χ2v) is 8.03. The molecule has 1 fully saturated rings. The summed E-state index contributed by atoms with van der Waals surface area (Å²) in [5.74, 6) is -3.40. The maximum atomic E-state index is 12.1. The molecule has 0 radical (unpaired) electrons. The molecular weight excluding hydrogens is 440 g/mol. The Morgan fingerprint density at radius 1 is 1.18 bits per heavy atom. The van der Waals surface area contributed by atoms with Gasteiger partial charge in [-0.3, -0.25) is 4.79 Å². The van der Waals surface area contributed by atoms with Crippen molar-refractivity contribution in [2.75, 3.05) is 6.61 Å². The molecule has 1 heterocycles. The molecule has 0 amide bonds. The standard InChI is InChI=1S/C22H26O11/c1-4-22(31)13(7-23)33-21(18(27)19(22)28)32-12-6-10(20(29)30)5-11-15(12)17(26)14(9(3)24)8(2)16(11)25/h5-6,13,18-19,21,23,25-28,31H,4,7H2,1-3H3,(H,29,30)/t13-,18-,19-,21-,22+/m1/s1. The summed E-state index contributed by atoms with van der Waals surface area (Å²) in [7, 11) is 0. The summed E-state index contributed by atoms with van der Waals surface area (Å²) >= 11 is 0. The number of aromatic carboxylic acids is 1. The number of hydrogen-bond donors (Lipinski definition) is 7. The number of aromatic hydroxyl groups is 2. The van der Waals surface area contributed by atoms with Crippen molar-refractivity contribution in [1.29, 1.82) is 0 Å². The van der Waals surface area contributed by atoms with E-state index < -0.39 is 60.1 Å². The molecule has 0 aliphatic carbocycles. The smallest absolute Gasteiger partial charge is 0.335 e. The topological polar surface area (TPSA) is 194 Å². The third kappa shape index (κ3) is 3.87. The van der Waals surface area contributed by atoms with Gasteiger partial charge in [-0.25, -0.2) is 4.79 Å². The van der Waals surface area contributed by atoms with E-state index in [9.17, 15) is 45.3 Å². The zero-order chi connectivity index (χ0) is 24.8. The molecule has 0 aromatic heterocycles. The maximum Gasteiger partial charge on any atom is 0.335 e. The molecule has 7 N–H and O–H groups in total. The van der Waals surface area contributed by atoms with Gasteiger partial charge in [0.1, 0.15) is 41.2 Å². The van der Waals surface area contributed by atoms with Crippen molar-refractivity contribution < 1.29 is 54.8 Å². The highest BCUT2D eigenvalue weighted by molar-refractivity contribution is 6.11. The lowest BCUT2D eigenvalue weighted by Crippen LogP contribution is -2.67. The van der Waals surface area contributed by atoms with E-state index in [2.05, 4.69) is 0 Å². The van der Waals surface area contributed by atoms with Gasteiger partial charge >= 0.3 is 5.97 Å². The Labute approximate surface area is 188 Å². The highest BCUT2D eigenvalue weighted by Gasteiger charge is 2.54. The third-order valence-corrected chi connectivity index (χ3v) is 6.11. The van der Waals surface area contributed by atoms with Crippen LogP contribution in [0.15, 0.2) is 12.1 Å². The van der Waals surface area contributed by atoms with Crippen LogP contribution in [0, 0.1) is 6.92 Å². The molecule has 1 aliphatic rings. The molecule has 0 saturated carbocycles. The maximum absolute atomic E-state index is 12.1. The second-order valence-electron chi connectivity index (χ2n) is 8.03. The van der Waals surface area contributed by atoms with Gasteiger partial charge in [-0.1, -0.05) is 6.92 Å². The Morgan fingerprint density at radius 3 is 2.33 bits per heavy atom. The van der Waals surface area contributed by atoms with Gasteiger partial charge in [0.15, 0.2) is 5.78 Å². The van der Waals surface area contributed by atoms with Crippen LogP contribution in [0.1, 0.15) is 46.5 Å². The molecule has 1 saturated heterocycles. The predicted molar refractivity (Wildman–Crippen MR) is 113 cm³/mol. The van der Waals surface area contributed by atoms with Crippen LogP contribution < -0.4 is 4.74 Å². The fourth-order valence-electron chi connectivity index (χ4n) is 4.17. The lowest BCUT2D eigenvalue weighted by molar-refractivity contribution is -0.313. The summed E-state index contributed by atoms with van der Waals surface area (Å²) < 4.78 is 11.1. The van der Waals surface area contributed by atoms with Crippen molar-refractivity contribution in [3.05, 3.63) is 28.8 Å². The normalized spacial score (nSPS) is 27.5. The van der Waals surface area contributed by atoms with E-state index in [1.54, 1.807) is 0 Å². The average molecular weight is 466 g/mol. The number of carbonyl (C=O) groups is 2. The molecular formula is C22H26O11. The van der Waals surface area contributed by atoms with E-state index in [1.165, 1.54) is 20.8 Å². The van der Waals surface area contributed by atoms with E-state index in [0.717, 1.165) is 12.1 Å². The number of ketones is 1. The van der Waals surface area contributed by atoms with Gasteiger partial charge in [-0.15, -0.1) is 0 Å². The lowest BCUT2D eigenvalue weighted by Gasteiger charge is -2.47. The first kappa shape index (κ1) is 24.7. The van der Waals surface area contributed by atoms with E-state index in [-0.39, 0.29) is 39.6 Å². The monoisotopic (exact) mass is 466 g/mol. The minimum absolute atomic E-state index is 0.0266. The molecule has 11 heteroatoms. The van der Waals surface area contributed by atoms with Gasteiger partial charge in [0.25, 0.3) is 0 Å². The summed E-state index contributed by atoms with van der Waals surface area (Å²) in [5, 5.41) is 71.8. The van der Waals surface area contributed by atoms with Crippen molar-refractivity contribution in [2.24, 2.45) is 0 Å². The van der Waals surface area contributed by atoms with Crippen LogP contribution in [0.25, 0.3) is 10.8 Å². The molecule has 3 rings (SSSR count). The third-order valence-electron chi connectivity index (χ3n) is 6.11. The number of rotatable bonds is 6. The summed E-state index contributed by atoms with van der Waals surface area (Å²) in [5.41, 5.74) is -2.53. The number of aliphatic hydroxyl groups is 4. The van der Waals surface area contributed by atoms with Crippen molar-refractivity contribution in [1.82, 2.24) is 0 Å². The number of hydrogen-bond acceptors (Lipinski definition) is 10. The fraction of sp³-hybridized carbons (Fsp3) is 0.455. The number of aliphatic hydroxyl groups excluding tert-OH is 3. The summed E-state index contributed by atoms with van der Waals surface area (Å²) in [6.45, 7) is 3.32. The van der Waals surface area contributed by atoms with Crippen LogP contribution in [0.2, 0.25) is 0 Å². The number of benzene rings is 2. The highest BCUT2D eigenvalue weighted by Crippen LogP contribution is 2.45. The van der Waals surface area contributed by atoms with Gasteiger partial charge in [-0.05, 0) is 32.4 Å². The zero-order valence-corrected chi connectivity index (χ0v) is 18.1. The molecule has 0 spiro atoms. The SMILES string of the molecule is CC[C@@]1(O)[C@H](O)[C@@H](O)[C@H](Oc2cc(C(=O)O)cc3c(O)c(C)c(C(C)=O)c(O)c23)O[C@@H]1CO. The molecule has 5 atom stereocenters. The summed E-state index contributed by atoms with van der Waals surface area (Å²) in [4.78, 5) is 23.7. The number of carbonyl (C=O) groups excluding carboxylic acids is 1. The minimum Gasteiger partial charge on any atom is -0.507 e. The average Bonchev–Trinajstić information content (AvgIpc) is 2.77. The van der Waals surface area contributed by atoms with Gasteiger partial charge in [0, 0.05) is 10.9 Å². The number of carboxylic acids is 1. The number of Topliss-reactive ketones (excluding diaryl/α,β-unsaturated/α-hetero) is 1. The van der Waals surface area contributed by atoms with Crippen LogP contribution in [0.5, 0.6) is 17.2 Å². The molecule has 11 nitrogen and oxygen atoms in total. The van der Waals surface area contributed by atoms with Crippen molar-refractivity contribution >= 4 is 22.5 Å². The van der Waals surface area contributed by atoms with Crippen LogP contribution in [0.3, 0.4) is 0 Å².